The third-order valence-corrected chi connectivity index (χ3v) is 5.17. The molecular formula is C19H24N4O. The van der Waals surface area contributed by atoms with Gasteiger partial charge in [-0.15, -0.1) is 0 Å². The highest BCUT2D eigenvalue weighted by Crippen LogP contribution is 2.32. The quantitative estimate of drug-likeness (QED) is 0.889. The van der Waals surface area contributed by atoms with Gasteiger partial charge in [-0.1, -0.05) is 30.3 Å². The zero-order chi connectivity index (χ0) is 16.4. The van der Waals surface area contributed by atoms with Crippen molar-refractivity contribution in [1.29, 1.82) is 0 Å². The predicted octanol–water partition coefficient (Wildman–Crippen LogP) is 2.61. The maximum Gasteiger partial charge on any atom is 0.242 e. The lowest BCUT2D eigenvalue weighted by molar-refractivity contribution is -0.127. The molecule has 0 unspecified atom stereocenters. The van der Waals surface area contributed by atoms with E-state index in [4.69, 9.17) is 0 Å². The van der Waals surface area contributed by atoms with E-state index in [-0.39, 0.29) is 11.9 Å². The second kappa shape index (κ2) is 6.77. The highest BCUT2D eigenvalue weighted by molar-refractivity contribution is 5.83. The molecule has 0 spiro atoms. The second-order valence-electron chi connectivity index (χ2n) is 6.94. The first-order valence-corrected chi connectivity index (χ1v) is 8.89. The molecule has 1 aromatic heterocycles. The van der Waals surface area contributed by atoms with Crippen molar-refractivity contribution >= 4 is 5.91 Å². The van der Waals surface area contributed by atoms with Gasteiger partial charge in [0.25, 0.3) is 0 Å². The van der Waals surface area contributed by atoms with Crippen LogP contribution in [0.25, 0.3) is 0 Å². The second-order valence-corrected chi connectivity index (χ2v) is 6.94. The average Bonchev–Trinajstić information content (AvgIpc) is 3.25. The molecule has 1 saturated heterocycles. The average molecular weight is 324 g/mol. The number of piperidine rings is 1. The number of hydrogen-bond donors (Lipinski definition) is 2. The first kappa shape index (κ1) is 15.4. The van der Waals surface area contributed by atoms with Crippen LogP contribution in [0.5, 0.6) is 0 Å². The molecule has 0 radical (unpaired) electrons. The summed E-state index contributed by atoms with van der Waals surface area (Å²) in [5, 5.41) is 10.2. The summed E-state index contributed by atoms with van der Waals surface area (Å²) >= 11 is 0. The number of carbonyl (C=O) groups excluding carboxylic acids is 1. The van der Waals surface area contributed by atoms with Gasteiger partial charge in [0, 0.05) is 12.2 Å². The molecule has 4 rings (SSSR count). The molecule has 2 aromatic rings. The van der Waals surface area contributed by atoms with E-state index < -0.39 is 0 Å². The third-order valence-electron chi connectivity index (χ3n) is 5.17. The SMILES string of the molecule is O=C(NC1CC1)[C@@H](c1ccccc1)N1CCC(c2cn[nH]c2)CC1. The van der Waals surface area contributed by atoms with Gasteiger partial charge in [0.15, 0.2) is 0 Å². The van der Waals surface area contributed by atoms with Gasteiger partial charge in [-0.2, -0.15) is 5.10 Å². The van der Waals surface area contributed by atoms with Gasteiger partial charge in [0.1, 0.15) is 6.04 Å². The molecule has 24 heavy (non-hydrogen) atoms. The predicted molar refractivity (Wildman–Crippen MR) is 92.5 cm³/mol. The van der Waals surface area contributed by atoms with Gasteiger partial charge in [-0.25, -0.2) is 0 Å². The van der Waals surface area contributed by atoms with Crippen molar-refractivity contribution in [3.63, 3.8) is 0 Å². The molecule has 2 N–H and O–H groups in total. The number of aromatic nitrogens is 2. The molecule has 5 nitrogen and oxygen atoms in total. The summed E-state index contributed by atoms with van der Waals surface area (Å²) in [5.74, 6) is 0.702. The summed E-state index contributed by atoms with van der Waals surface area (Å²) in [6.07, 6.45) is 8.30. The summed E-state index contributed by atoms with van der Waals surface area (Å²) < 4.78 is 0. The molecule has 1 saturated carbocycles. The van der Waals surface area contributed by atoms with Gasteiger partial charge in [-0.3, -0.25) is 14.8 Å². The molecule has 2 aliphatic rings. The van der Waals surface area contributed by atoms with E-state index in [0.717, 1.165) is 44.3 Å². The zero-order valence-corrected chi connectivity index (χ0v) is 13.8. The maximum absolute atomic E-state index is 12.8. The number of hydrogen-bond acceptors (Lipinski definition) is 3. The summed E-state index contributed by atoms with van der Waals surface area (Å²) in [4.78, 5) is 15.2. The molecule has 1 atom stereocenters. The van der Waals surface area contributed by atoms with E-state index in [0.29, 0.717) is 12.0 Å². The molecule has 1 aliphatic heterocycles. The van der Waals surface area contributed by atoms with E-state index in [9.17, 15) is 4.79 Å². The number of rotatable bonds is 5. The number of benzene rings is 1. The Morgan fingerprint density at radius 3 is 2.54 bits per heavy atom. The fraction of sp³-hybridized carbons (Fsp3) is 0.474. The number of amides is 1. The van der Waals surface area contributed by atoms with Crippen LogP contribution in [0.1, 0.15) is 48.8 Å². The number of carbonyl (C=O) groups is 1. The summed E-state index contributed by atoms with van der Waals surface area (Å²) in [7, 11) is 0. The lowest BCUT2D eigenvalue weighted by Gasteiger charge is -2.37. The van der Waals surface area contributed by atoms with Crippen LogP contribution in [0.3, 0.4) is 0 Å². The maximum atomic E-state index is 12.8. The molecular weight excluding hydrogens is 300 g/mol. The Morgan fingerprint density at radius 2 is 1.92 bits per heavy atom. The zero-order valence-electron chi connectivity index (χ0n) is 13.8. The smallest absolute Gasteiger partial charge is 0.242 e. The highest BCUT2D eigenvalue weighted by atomic mass is 16.2. The highest BCUT2D eigenvalue weighted by Gasteiger charge is 2.34. The molecule has 2 fully saturated rings. The fourth-order valence-electron chi connectivity index (χ4n) is 3.65. The van der Waals surface area contributed by atoms with Crippen LogP contribution in [0.15, 0.2) is 42.7 Å². The summed E-state index contributed by atoms with van der Waals surface area (Å²) in [5.41, 5.74) is 2.38. The minimum absolute atomic E-state index is 0.158. The lowest BCUT2D eigenvalue weighted by Crippen LogP contribution is -2.44. The molecule has 1 aromatic carbocycles. The van der Waals surface area contributed by atoms with E-state index in [1.165, 1.54) is 5.56 Å². The Hall–Kier alpha value is -2.14. The Bertz CT molecular complexity index is 658. The molecule has 2 heterocycles. The van der Waals surface area contributed by atoms with Crippen LogP contribution in [0.2, 0.25) is 0 Å². The van der Waals surface area contributed by atoms with Gasteiger partial charge >= 0.3 is 0 Å². The van der Waals surface area contributed by atoms with Crippen molar-refractivity contribution in [2.24, 2.45) is 0 Å². The van der Waals surface area contributed by atoms with E-state index >= 15 is 0 Å². The minimum atomic E-state index is -0.169. The number of nitrogens with zero attached hydrogens (tertiary/aromatic N) is 2. The van der Waals surface area contributed by atoms with Crippen LogP contribution in [-0.2, 0) is 4.79 Å². The van der Waals surface area contributed by atoms with Crippen LogP contribution in [-0.4, -0.2) is 40.1 Å². The van der Waals surface area contributed by atoms with Gasteiger partial charge in [-0.05, 0) is 55.8 Å². The lowest BCUT2D eigenvalue weighted by atomic mass is 9.90. The van der Waals surface area contributed by atoms with Gasteiger partial charge in [0.05, 0.1) is 6.20 Å². The number of nitrogens with one attached hydrogen (secondary N) is 2. The van der Waals surface area contributed by atoms with Crippen molar-refractivity contribution in [2.75, 3.05) is 13.1 Å². The summed E-state index contributed by atoms with van der Waals surface area (Å²) in [6.45, 7) is 1.88. The molecule has 126 valence electrons. The van der Waals surface area contributed by atoms with Crippen LogP contribution in [0, 0.1) is 0 Å². The normalized spacial score (nSPS) is 20.7. The Labute approximate surface area is 142 Å². The number of H-pyrrole nitrogens is 1. The monoisotopic (exact) mass is 324 g/mol. The van der Waals surface area contributed by atoms with E-state index in [1.807, 2.05) is 30.6 Å². The van der Waals surface area contributed by atoms with Crippen molar-refractivity contribution in [3.05, 3.63) is 53.9 Å². The van der Waals surface area contributed by atoms with Crippen molar-refractivity contribution in [3.8, 4) is 0 Å². The van der Waals surface area contributed by atoms with Gasteiger partial charge in [0.2, 0.25) is 5.91 Å². The van der Waals surface area contributed by atoms with Crippen molar-refractivity contribution in [1.82, 2.24) is 20.4 Å². The topological polar surface area (TPSA) is 61.0 Å². The first-order valence-electron chi connectivity index (χ1n) is 8.89. The van der Waals surface area contributed by atoms with Crippen LogP contribution >= 0.6 is 0 Å². The number of aromatic amines is 1. The Morgan fingerprint density at radius 1 is 1.17 bits per heavy atom. The Kier molecular flexibility index (Phi) is 4.34. The van der Waals surface area contributed by atoms with Gasteiger partial charge < -0.3 is 5.32 Å². The first-order chi connectivity index (χ1) is 11.8. The number of likely N-dealkylation sites (tertiary alicyclic amines) is 1. The molecule has 1 amide bonds. The standard InChI is InChI=1S/C19H24N4O/c24-19(22-17-6-7-17)18(15-4-2-1-3-5-15)23-10-8-14(9-11-23)16-12-20-21-13-16/h1-5,12-14,17-18H,6-11H2,(H,20,21)(H,22,24)/t18-/m1/s1. The molecule has 0 bridgehead atoms. The fourth-order valence-corrected chi connectivity index (χ4v) is 3.65. The minimum Gasteiger partial charge on any atom is -0.352 e. The van der Waals surface area contributed by atoms with E-state index in [2.05, 4.69) is 32.5 Å². The van der Waals surface area contributed by atoms with Crippen LogP contribution < -0.4 is 5.32 Å². The van der Waals surface area contributed by atoms with Crippen LogP contribution in [0.4, 0.5) is 0 Å². The Balaban J connectivity index is 1.48. The van der Waals surface area contributed by atoms with Crippen molar-refractivity contribution < 1.29 is 4.79 Å². The molecule has 1 aliphatic carbocycles. The largest absolute Gasteiger partial charge is 0.352 e. The summed E-state index contributed by atoms with van der Waals surface area (Å²) in [6, 6.07) is 10.4. The van der Waals surface area contributed by atoms with E-state index in [1.54, 1.807) is 0 Å². The third kappa shape index (κ3) is 3.36. The molecule has 5 heteroatoms. The van der Waals surface area contributed by atoms with Crippen molar-refractivity contribution in [2.45, 2.75) is 43.7 Å².